The van der Waals surface area contributed by atoms with E-state index in [2.05, 4.69) is 5.32 Å². The Morgan fingerprint density at radius 1 is 1.39 bits per heavy atom. The van der Waals surface area contributed by atoms with E-state index >= 15 is 0 Å². The number of anilines is 1. The number of nitrogens with one attached hydrogen (secondary N) is 1. The zero-order chi connectivity index (χ0) is 13.7. The molecule has 4 nitrogen and oxygen atoms in total. The maximum Gasteiger partial charge on any atom is 0.227 e. The Hall–Kier alpha value is -1.84. The average molecular weight is 248 g/mol. The van der Waals surface area contributed by atoms with Crippen LogP contribution in [0.5, 0.6) is 0 Å². The number of carbonyl (C=O) groups excluding carboxylic acids is 2. The van der Waals surface area contributed by atoms with Crippen LogP contribution in [0.3, 0.4) is 0 Å². The smallest absolute Gasteiger partial charge is 0.227 e. The quantitative estimate of drug-likeness (QED) is 0.836. The number of rotatable bonds is 5. The molecule has 1 atom stereocenters. The predicted molar refractivity (Wildman–Crippen MR) is 72.2 cm³/mol. The van der Waals surface area contributed by atoms with Gasteiger partial charge >= 0.3 is 0 Å². The highest BCUT2D eigenvalue weighted by molar-refractivity contribution is 5.95. The normalized spacial score (nSPS) is 11.9. The van der Waals surface area contributed by atoms with Crippen LogP contribution in [-0.4, -0.2) is 11.8 Å². The Balaban J connectivity index is 2.84. The van der Waals surface area contributed by atoms with Crippen LogP contribution in [0.1, 0.15) is 31.4 Å². The zero-order valence-electron chi connectivity index (χ0n) is 11.1. The van der Waals surface area contributed by atoms with Crippen LogP contribution in [0, 0.1) is 12.8 Å². The van der Waals surface area contributed by atoms with Gasteiger partial charge < -0.3 is 11.1 Å². The number of benzene rings is 1. The fourth-order valence-corrected chi connectivity index (χ4v) is 1.84. The van der Waals surface area contributed by atoms with Crippen molar-refractivity contribution in [3.8, 4) is 0 Å². The predicted octanol–water partition coefficient (Wildman–Crippen LogP) is 2.01. The van der Waals surface area contributed by atoms with Gasteiger partial charge in [-0.1, -0.05) is 32.0 Å². The fourth-order valence-electron chi connectivity index (χ4n) is 1.84. The Morgan fingerprint density at radius 3 is 2.61 bits per heavy atom. The van der Waals surface area contributed by atoms with E-state index in [1.54, 1.807) is 6.92 Å². The van der Waals surface area contributed by atoms with Crippen LogP contribution in [0.4, 0.5) is 5.69 Å². The van der Waals surface area contributed by atoms with E-state index in [0.717, 1.165) is 23.2 Å². The summed E-state index contributed by atoms with van der Waals surface area (Å²) in [5.74, 6) is -1.04. The molecular formula is C14H20N2O2. The Kier molecular flexibility index (Phi) is 4.89. The molecule has 4 heteroatoms. The number of carbonyl (C=O) groups is 2. The minimum atomic E-state index is -0.460. The van der Waals surface area contributed by atoms with E-state index in [1.807, 2.05) is 32.0 Å². The van der Waals surface area contributed by atoms with Crippen molar-refractivity contribution in [3.63, 3.8) is 0 Å². The first-order valence-electron chi connectivity index (χ1n) is 6.13. The molecule has 0 radical (unpaired) electrons. The molecule has 0 fully saturated rings. The third-order valence-corrected chi connectivity index (χ3v) is 2.94. The summed E-state index contributed by atoms with van der Waals surface area (Å²) in [7, 11) is 0. The molecule has 1 unspecified atom stereocenters. The molecule has 18 heavy (non-hydrogen) atoms. The van der Waals surface area contributed by atoms with Crippen molar-refractivity contribution in [3.05, 3.63) is 29.3 Å². The standard InChI is InChI=1S/C14H20N2O2/c1-4-11-7-5-6-9(2)13(11)16-14(18)10(3)8-12(15)17/h5-7,10H,4,8H2,1-3H3,(H2,15,17)(H,16,18). The van der Waals surface area contributed by atoms with Gasteiger partial charge in [0, 0.05) is 18.0 Å². The summed E-state index contributed by atoms with van der Waals surface area (Å²) < 4.78 is 0. The van der Waals surface area contributed by atoms with E-state index in [1.165, 1.54) is 0 Å². The zero-order valence-corrected chi connectivity index (χ0v) is 11.1. The number of aryl methyl sites for hydroxylation is 2. The van der Waals surface area contributed by atoms with Gasteiger partial charge in [0.05, 0.1) is 0 Å². The third kappa shape index (κ3) is 3.58. The number of hydrogen-bond donors (Lipinski definition) is 2. The van der Waals surface area contributed by atoms with Gasteiger partial charge in [0.1, 0.15) is 0 Å². The van der Waals surface area contributed by atoms with Gasteiger partial charge in [0.15, 0.2) is 0 Å². The second kappa shape index (κ2) is 6.19. The van der Waals surface area contributed by atoms with E-state index in [-0.39, 0.29) is 12.3 Å². The molecule has 98 valence electrons. The lowest BCUT2D eigenvalue weighted by molar-refractivity contribution is -0.125. The van der Waals surface area contributed by atoms with Crippen LogP contribution in [-0.2, 0) is 16.0 Å². The highest BCUT2D eigenvalue weighted by Gasteiger charge is 2.17. The summed E-state index contributed by atoms with van der Waals surface area (Å²) >= 11 is 0. The maximum atomic E-state index is 11.9. The van der Waals surface area contributed by atoms with Crippen LogP contribution >= 0.6 is 0 Å². The number of para-hydroxylation sites is 1. The van der Waals surface area contributed by atoms with Gasteiger partial charge in [-0.3, -0.25) is 9.59 Å². The molecule has 0 bridgehead atoms. The van der Waals surface area contributed by atoms with Crippen molar-refractivity contribution in [1.82, 2.24) is 0 Å². The maximum absolute atomic E-state index is 11.9. The summed E-state index contributed by atoms with van der Waals surface area (Å²) in [5, 5.41) is 2.89. The molecule has 3 N–H and O–H groups in total. The van der Waals surface area contributed by atoms with E-state index in [4.69, 9.17) is 5.73 Å². The molecule has 0 spiro atoms. The monoisotopic (exact) mass is 248 g/mol. The SMILES string of the molecule is CCc1cccc(C)c1NC(=O)C(C)CC(N)=O. The summed E-state index contributed by atoms with van der Waals surface area (Å²) in [4.78, 5) is 22.7. The van der Waals surface area contributed by atoms with E-state index in [0.29, 0.717) is 0 Å². The van der Waals surface area contributed by atoms with Crippen molar-refractivity contribution in [1.29, 1.82) is 0 Å². The Bertz CT molecular complexity index is 455. The Morgan fingerprint density at radius 2 is 2.06 bits per heavy atom. The summed E-state index contributed by atoms with van der Waals surface area (Å²) in [6.07, 6.45) is 0.917. The number of nitrogens with two attached hydrogens (primary N) is 1. The molecule has 0 saturated heterocycles. The summed E-state index contributed by atoms with van der Waals surface area (Å²) in [5.41, 5.74) is 8.05. The van der Waals surface area contributed by atoms with Crippen LogP contribution in [0.2, 0.25) is 0 Å². The Labute approximate surface area is 108 Å². The molecule has 0 aliphatic rings. The molecule has 1 aromatic carbocycles. The van der Waals surface area contributed by atoms with Gasteiger partial charge in [-0.2, -0.15) is 0 Å². The molecule has 0 heterocycles. The van der Waals surface area contributed by atoms with Crippen LogP contribution < -0.4 is 11.1 Å². The lowest BCUT2D eigenvalue weighted by Crippen LogP contribution is -2.26. The van der Waals surface area contributed by atoms with Gasteiger partial charge in [-0.15, -0.1) is 0 Å². The van der Waals surface area contributed by atoms with Gasteiger partial charge in [-0.25, -0.2) is 0 Å². The minimum Gasteiger partial charge on any atom is -0.370 e. The third-order valence-electron chi connectivity index (χ3n) is 2.94. The minimum absolute atomic E-state index is 0.0686. The van der Waals surface area contributed by atoms with Crippen molar-refractivity contribution >= 4 is 17.5 Å². The number of hydrogen-bond acceptors (Lipinski definition) is 2. The fraction of sp³-hybridized carbons (Fsp3) is 0.429. The highest BCUT2D eigenvalue weighted by Crippen LogP contribution is 2.22. The van der Waals surface area contributed by atoms with E-state index < -0.39 is 11.8 Å². The first-order valence-corrected chi connectivity index (χ1v) is 6.13. The molecule has 1 rings (SSSR count). The average Bonchev–Trinajstić information content (AvgIpc) is 2.30. The van der Waals surface area contributed by atoms with Gasteiger partial charge in [0.2, 0.25) is 11.8 Å². The molecule has 1 aromatic rings. The van der Waals surface area contributed by atoms with Crippen molar-refractivity contribution < 1.29 is 9.59 Å². The first-order chi connectivity index (χ1) is 8.45. The van der Waals surface area contributed by atoms with Gasteiger partial charge in [0.25, 0.3) is 0 Å². The molecule has 0 saturated carbocycles. The first kappa shape index (κ1) is 14.2. The molecule has 0 aromatic heterocycles. The highest BCUT2D eigenvalue weighted by atomic mass is 16.2. The number of primary amides is 1. The van der Waals surface area contributed by atoms with Crippen molar-refractivity contribution in [2.24, 2.45) is 11.7 Å². The van der Waals surface area contributed by atoms with Crippen LogP contribution in [0.15, 0.2) is 18.2 Å². The summed E-state index contributed by atoms with van der Waals surface area (Å²) in [6.45, 7) is 5.69. The molecule has 0 aliphatic heterocycles. The van der Waals surface area contributed by atoms with Crippen molar-refractivity contribution in [2.45, 2.75) is 33.6 Å². The second-order valence-electron chi connectivity index (χ2n) is 4.52. The van der Waals surface area contributed by atoms with Gasteiger partial charge in [-0.05, 0) is 24.5 Å². The largest absolute Gasteiger partial charge is 0.370 e. The second-order valence-corrected chi connectivity index (χ2v) is 4.52. The lowest BCUT2D eigenvalue weighted by Gasteiger charge is -2.15. The molecule has 0 aliphatic carbocycles. The van der Waals surface area contributed by atoms with E-state index in [9.17, 15) is 9.59 Å². The molecule has 2 amide bonds. The van der Waals surface area contributed by atoms with Crippen LogP contribution in [0.25, 0.3) is 0 Å². The lowest BCUT2D eigenvalue weighted by atomic mass is 10.0. The topological polar surface area (TPSA) is 72.2 Å². The molecular weight excluding hydrogens is 228 g/mol. The number of amides is 2. The van der Waals surface area contributed by atoms with Crippen molar-refractivity contribution in [2.75, 3.05) is 5.32 Å². The summed E-state index contributed by atoms with van der Waals surface area (Å²) in [6, 6.07) is 5.91.